The quantitative estimate of drug-likeness (QED) is 0.802. The van der Waals surface area contributed by atoms with E-state index in [1.54, 1.807) is 0 Å². The zero-order valence-corrected chi connectivity index (χ0v) is 11.4. The minimum atomic E-state index is -3.56. The van der Waals surface area contributed by atoms with E-state index >= 15 is 0 Å². The molecule has 1 aliphatic carbocycles. The van der Waals surface area contributed by atoms with Gasteiger partial charge in [-0.25, -0.2) is 8.42 Å². The van der Waals surface area contributed by atoms with Gasteiger partial charge in [-0.05, 0) is 18.3 Å². The maximum Gasteiger partial charge on any atom is 0.324 e. The maximum atomic E-state index is 11.9. The van der Waals surface area contributed by atoms with Gasteiger partial charge in [0.1, 0.15) is 5.54 Å². The summed E-state index contributed by atoms with van der Waals surface area (Å²) < 4.78 is 26.3. The van der Waals surface area contributed by atoms with E-state index < -0.39 is 21.5 Å². The fourth-order valence-corrected chi connectivity index (χ4v) is 4.34. The molecule has 0 amide bonds. The molecule has 0 heterocycles. The summed E-state index contributed by atoms with van der Waals surface area (Å²) in [6, 6.07) is 0. The monoisotopic (exact) mass is 263 g/mol. The standard InChI is InChI=1S/C11H21NO4S/c1-10(2,3)8-17(15,16)12-11(9(13)14)6-4-5-7-11/h12H,4-8H2,1-3H3,(H,13,14). The molecule has 0 unspecified atom stereocenters. The number of carbonyl (C=O) groups is 1. The second-order valence-electron chi connectivity index (χ2n) is 6.02. The van der Waals surface area contributed by atoms with Gasteiger partial charge < -0.3 is 5.11 Å². The Morgan fingerprint density at radius 1 is 1.29 bits per heavy atom. The lowest BCUT2D eigenvalue weighted by Crippen LogP contribution is -2.53. The van der Waals surface area contributed by atoms with Crippen LogP contribution < -0.4 is 4.72 Å². The van der Waals surface area contributed by atoms with Crippen molar-refractivity contribution in [2.75, 3.05) is 5.75 Å². The zero-order chi connectivity index (χ0) is 13.3. The molecule has 0 aromatic heterocycles. The Bertz CT molecular complexity index is 388. The van der Waals surface area contributed by atoms with E-state index in [-0.39, 0.29) is 11.2 Å². The molecule has 0 aromatic rings. The molecule has 5 nitrogen and oxygen atoms in total. The van der Waals surface area contributed by atoms with Gasteiger partial charge in [-0.2, -0.15) is 4.72 Å². The average molecular weight is 263 g/mol. The van der Waals surface area contributed by atoms with Gasteiger partial charge in [-0.15, -0.1) is 0 Å². The molecule has 0 bridgehead atoms. The number of hydrogen-bond acceptors (Lipinski definition) is 3. The van der Waals surface area contributed by atoms with Crippen molar-refractivity contribution in [2.24, 2.45) is 5.41 Å². The Labute approximate surface area is 103 Å². The third-order valence-electron chi connectivity index (χ3n) is 2.84. The lowest BCUT2D eigenvalue weighted by atomic mass is 10.00. The van der Waals surface area contributed by atoms with Crippen molar-refractivity contribution in [3.8, 4) is 0 Å². The van der Waals surface area contributed by atoms with E-state index in [0.29, 0.717) is 12.8 Å². The number of carboxylic acids is 1. The van der Waals surface area contributed by atoms with Crippen molar-refractivity contribution in [1.82, 2.24) is 4.72 Å². The topological polar surface area (TPSA) is 83.5 Å². The summed E-state index contributed by atoms with van der Waals surface area (Å²) in [7, 11) is -3.56. The number of nitrogens with one attached hydrogen (secondary N) is 1. The molecule has 1 rings (SSSR count). The summed E-state index contributed by atoms with van der Waals surface area (Å²) in [6.07, 6.45) is 2.27. The minimum absolute atomic E-state index is 0.0605. The summed E-state index contributed by atoms with van der Waals surface area (Å²) >= 11 is 0. The van der Waals surface area contributed by atoms with Crippen LogP contribution in [0.15, 0.2) is 0 Å². The van der Waals surface area contributed by atoms with Crippen LogP contribution in [0.3, 0.4) is 0 Å². The number of rotatable bonds is 4. The van der Waals surface area contributed by atoms with Gasteiger partial charge in [0.25, 0.3) is 0 Å². The normalized spacial score (nSPS) is 20.4. The van der Waals surface area contributed by atoms with Crippen molar-refractivity contribution >= 4 is 16.0 Å². The molecule has 100 valence electrons. The summed E-state index contributed by atoms with van der Waals surface area (Å²) in [5, 5.41) is 9.20. The van der Waals surface area contributed by atoms with Crippen molar-refractivity contribution in [3.63, 3.8) is 0 Å². The molecule has 0 aliphatic heterocycles. The molecule has 2 N–H and O–H groups in total. The first kappa shape index (κ1) is 14.4. The van der Waals surface area contributed by atoms with Gasteiger partial charge in [0.2, 0.25) is 10.0 Å². The highest BCUT2D eigenvalue weighted by Crippen LogP contribution is 2.31. The van der Waals surface area contributed by atoms with Gasteiger partial charge in [0.15, 0.2) is 0 Å². The number of aliphatic carboxylic acids is 1. The summed E-state index contributed by atoms with van der Waals surface area (Å²) in [5.41, 5.74) is -1.66. The van der Waals surface area contributed by atoms with Crippen molar-refractivity contribution in [3.05, 3.63) is 0 Å². The fourth-order valence-electron chi connectivity index (χ4n) is 2.24. The highest BCUT2D eigenvalue weighted by Gasteiger charge is 2.44. The molecule has 0 atom stereocenters. The third-order valence-corrected chi connectivity index (χ3v) is 4.79. The van der Waals surface area contributed by atoms with Crippen LogP contribution in [0.4, 0.5) is 0 Å². The second-order valence-corrected chi connectivity index (χ2v) is 7.74. The molecule has 6 heteroatoms. The van der Waals surface area contributed by atoms with Crippen molar-refractivity contribution in [2.45, 2.75) is 52.0 Å². The summed E-state index contributed by atoms with van der Waals surface area (Å²) in [4.78, 5) is 11.2. The highest BCUT2D eigenvalue weighted by atomic mass is 32.2. The van der Waals surface area contributed by atoms with Gasteiger partial charge in [-0.1, -0.05) is 33.6 Å². The molecule has 1 saturated carbocycles. The van der Waals surface area contributed by atoms with Crippen LogP contribution in [-0.2, 0) is 14.8 Å². The Morgan fingerprint density at radius 2 is 1.76 bits per heavy atom. The van der Waals surface area contributed by atoms with E-state index in [2.05, 4.69) is 4.72 Å². The third kappa shape index (κ3) is 3.96. The zero-order valence-electron chi connectivity index (χ0n) is 10.6. The van der Waals surface area contributed by atoms with Crippen LogP contribution in [0, 0.1) is 5.41 Å². The molecule has 17 heavy (non-hydrogen) atoms. The highest BCUT2D eigenvalue weighted by molar-refractivity contribution is 7.89. The van der Waals surface area contributed by atoms with Gasteiger partial charge >= 0.3 is 5.97 Å². The van der Waals surface area contributed by atoms with Crippen LogP contribution in [0.25, 0.3) is 0 Å². The van der Waals surface area contributed by atoms with E-state index in [1.807, 2.05) is 20.8 Å². The molecule has 0 aromatic carbocycles. The predicted molar refractivity (Wildman–Crippen MR) is 65.2 cm³/mol. The Balaban J connectivity index is 2.85. The largest absolute Gasteiger partial charge is 0.480 e. The van der Waals surface area contributed by atoms with E-state index in [1.165, 1.54) is 0 Å². The Morgan fingerprint density at radius 3 is 2.12 bits per heavy atom. The molecular weight excluding hydrogens is 242 g/mol. The molecule has 1 aliphatic rings. The van der Waals surface area contributed by atoms with Gasteiger partial charge in [0.05, 0.1) is 5.75 Å². The smallest absolute Gasteiger partial charge is 0.324 e. The number of hydrogen-bond donors (Lipinski definition) is 2. The Hall–Kier alpha value is -0.620. The van der Waals surface area contributed by atoms with Crippen molar-refractivity contribution < 1.29 is 18.3 Å². The number of sulfonamides is 1. The fraction of sp³-hybridized carbons (Fsp3) is 0.909. The van der Waals surface area contributed by atoms with E-state index in [9.17, 15) is 18.3 Å². The Kier molecular flexibility index (Phi) is 3.88. The lowest BCUT2D eigenvalue weighted by Gasteiger charge is -2.27. The van der Waals surface area contributed by atoms with Crippen molar-refractivity contribution in [1.29, 1.82) is 0 Å². The second kappa shape index (κ2) is 4.57. The molecule has 0 radical (unpaired) electrons. The van der Waals surface area contributed by atoms with Crippen LogP contribution >= 0.6 is 0 Å². The van der Waals surface area contributed by atoms with Crippen LogP contribution in [-0.4, -0.2) is 30.8 Å². The molecule has 0 spiro atoms. The predicted octanol–water partition coefficient (Wildman–Crippen LogP) is 1.35. The van der Waals surface area contributed by atoms with Gasteiger partial charge in [-0.3, -0.25) is 4.79 Å². The molecule has 1 fully saturated rings. The SMILES string of the molecule is CC(C)(C)CS(=O)(=O)NC1(C(=O)O)CCCC1. The summed E-state index contributed by atoms with van der Waals surface area (Å²) in [5.74, 6) is -1.12. The molecule has 0 saturated heterocycles. The first-order valence-corrected chi connectivity index (χ1v) is 7.47. The van der Waals surface area contributed by atoms with Gasteiger partial charge in [0, 0.05) is 0 Å². The van der Waals surface area contributed by atoms with Crippen LogP contribution in [0.2, 0.25) is 0 Å². The van der Waals surface area contributed by atoms with Crippen LogP contribution in [0.1, 0.15) is 46.5 Å². The average Bonchev–Trinajstić information content (AvgIpc) is 2.47. The first-order valence-electron chi connectivity index (χ1n) is 5.81. The number of carboxylic acid groups (broad SMARTS) is 1. The van der Waals surface area contributed by atoms with Crippen LogP contribution in [0.5, 0.6) is 0 Å². The summed E-state index contributed by atoms with van der Waals surface area (Å²) in [6.45, 7) is 5.44. The lowest BCUT2D eigenvalue weighted by molar-refractivity contribution is -0.143. The van der Waals surface area contributed by atoms with E-state index in [0.717, 1.165) is 12.8 Å². The maximum absolute atomic E-state index is 11.9. The first-order chi connectivity index (χ1) is 7.56. The van der Waals surface area contributed by atoms with E-state index in [4.69, 9.17) is 0 Å². The minimum Gasteiger partial charge on any atom is -0.480 e. The molecular formula is C11H21NO4S.